The minimum atomic E-state index is -0.229. The lowest BCUT2D eigenvalue weighted by molar-refractivity contribution is 0.602. The smallest absolute Gasteiger partial charge is 0.125 e. The highest BCUT2D eigenvalue weighted by Gasteiger charge is 2.14. The maximum atomic E-state index is 13.0. The van der Waals surface area contributed by atoms with Gasteiger partial charge in [-0.05, 0) is 37.2 Å². The molecule has 1 aromatic carbocycles. The minimum absolute atomic E-state index is 0.0303. The fraction of sp³-hybridized carbons (Fsp3) is 0.286. The van der Waals surface area contributed by atoms with E-state index in [-0.39, 0.29) is 11.9 Å². The summed E-state index contributed by atoms with van der Waals surface area (Å²) in [7, 11) is 0. The zero-order chi connectivity index (χ0) is 13.0. The first-order valence-electron chi connectivity index (χ1n) is 5.99. The Balaban J connectivity index is 2.36. The molecule has 94 valence electrons. The van der Waals surface area contributed by atoms with E-state index in [1.54, 1.807) is 18.3 Å². The van der Waals surface area contributed by atoms with Crippen molar-refractivity contribution in [1.29, 1.82) is 0 Å². The predicted octanol–water partition coefficient (Wildman–Crippen LogP) is 2.62. The quantitative estimate of drug-likeness (QED) is 0.899. The van der Waals surface area contributed by atoms with Crippen LogP contribution in [-0.4, -0.2) is 16.5 Å². The number of halogens is 1. The van der Waals surface area contributed by atoms with Crippen molar-refractivity contribution in [2.75, 3.05) is 6.54 Å². The van der Waals surface area contributed by atoms with E-state index in [2.05, 4.69) is 15.3 Å². The van der Waals surface area contributed by atoms with Crippen LogP contribution >= 0.6 is 0 Å². The van der Waals surface area contributed by atoms with Gasteiger partial charge in [-0.3, -0.25) is 0 Å². The molecule has 0 saturated carbocycles. The first-order chi connectivity index (χ1) is 8.70. The molecule has 0 radical (unpaired) electrons. The van der Waals surface area contributed by atoms with Crippen molar-refractivity contribution in [2.45, 2.75) is 19.9 Å². The Bertz CT molecular complexity index is 511. The maximum absolute atomic E-state index is 13.0. The van der Waals surface area contributed by atoms with Crippen LogP contribution in [0.3, 0.4) is 0 Å². The van der Waals surface area contributed by atoms with E-state index in [4.69, 9.17) is 0 Å². The van der Waals surface area contributed by atoms with Gasteiger partial charge in [-0.25, -0.2) is 14.4 Å². The van der Waals surface area contributed by atoms with Crippen LogP contribution in [0.2, 0.25) is 0 Å². The van der Waals surface area contributed by atoms with Gasteiger partial charge in [-0.2, -0.15) is 0 Å². The highest BCUT2D eigenvalue weighted by atomic mass is 19.1. The molecule has 1 atom stereocenters. The molecule has 0 bridgehead atoms. The fourth-order valence-electron chi connectivity index (χ4n) is 1.89. The van der Waals surface area contributed by atoms with Gasteiger partial charge in [0.05, 0.1) is 11.7 Å². The Labute approximate surface area is 106 Å². The molecule has 3 nitrogen and oxygen atoms in total. The molecule has 2 aromatic rings. The molecule has 0 spiro atoms. The Morgan fingerprint density at radius 1 is 1.22 bits per heavy atom. The van der Waals surface area contributed by atoms with E-state index < -0.39 is 0 Å². The van der Waals surface area contributed by atoms with Crippen molar-refractivity contribution in [1.82, 2.24) is 15.3 Å². The fourth-order valence-corrected chi connectivity index (χ4v) is 1.89. The van der Waals surface area contributed by atoms with E-state index >= 15 is 0 Å². The van der Waals surface area contributed by atoms with Crippen molar-refractivity contribution >= 4 is 0 Å². The van der Waals surface area contributed by atoms with E-state index in [9.17, 15) is 4.39 Å². The third kappa shape index (κ3) is 2.90. The molecule has 1 unspecified atom stereocenters. The van der Waals surface area contributed by atoms with Crippen LogP contribution in [0, 0.1) is 12.7 Å². The number of rotatable bonds is 4. The lowest BCUT2D eigenvalue weighted by atomic mass is 10.0. The summed E-state index contributed by atoms with van der Waals surface area (Å²) < 4.78 is 13.0. The molecule has 0 fully saturated rings. The predicted molar refractivity (Wildman–Crippen MR) is 68.7 cm³/mol. The third-order valence-electron chi connectivity index (χ3n) is 2.70. The Morgan fingerprint density at radius 2 is 1.94 bits per heavy atom. The molecule has 1 N–H and O–H groups in total. The van der Waals surface area contributed by atoms with E-state index in [1.165, 1.54) is 12.1 Å². The van der Waals surface area contributed by atoms with Crippen LogP contribution in [0.15, 0.2) is 36.5 Å². The van der Waals surface area contributed by atoms with Gasteiger partial charge < -0.3 is 5.32 Å². The molecular weight excluding hydrogens is 229 g/mol. The van der Waals surface area contributed by atoms with Gasteiger partial charge in [-0.1, -0.05) is 19.1 Å². The van der Waals surface area contributed by atoms with Gasteiger partial charge in [0.15, 0.2) is 0 Å². The molecule has 0 amide bonds. The second-order valence-electron chi connectivity index (χ2n) is 4.07. The highest BCUT2D eigenvalue weighted by Crippen LogP contribution is 2.20. The van der Waals surface area contributed by atoms with Gasteiger partial charge in [0.25, 0.3) is 0 Å². The van der Waals surface area contributed by atoms with Gasteiger partial charge in [0, 0.05) is 6.20 Å². The lowest BCUT2D eigenvalue weighted by Gasteiger charge is -2.18. The summed E-state index contributed by atoms with van der Waals surface area (Å²) in [5.74, 6) is 0.505. The van der Waals surface area contributed by atoms with E-state index in [1.807, 2.05) is 19.9 Å². The van der Waals surface area contributed by atoms with Crippen molar-refractivity contribution in [2.24, 2.45) is 0 Å². The Kier molecular flexibility index (Phi) is 3.99. The number of aromatic nitrogens is 2. The highest BCUT2D eigenvalue weighted by molar-refractivity contribution is 5.27. The minimum Gasteiger partial charge on any atom is -0.305 e. The van der Waals surface area contributed by atoms with Gasteiger partial charge in [-0.15, -0.1) is 0 Å². The van der Waals surface area contributed by atoms with E-state index in [0.29, 0.717) is 0 Å². The first-order valence-corrected chi connectivity index (χ1v) is 5.99. The Morgan fingerprint density at radius 3 is 2.56 bits per heavy atom. The molecule has 1 heterocycles. The molecule has 1 aromatic heterocycles. The second kappa shape index (κ2) is 5.69. The average molecular weight is 245 g/mol. The van der Waals surface area contributed by atoms with Gasteiger partial charge in [0.1, 0.15) is 11.6 Å². The average Bonchev–Trinajstić information content (AvgIpc) is 2.37. The van der Waals surface area contributed by atoms with Crippen LogP contribution in [0.4, 0.5) is 4.39 Å². The topological polar surface area (TPSA) is 37.8 Å². The molecule has 4 heteroatoms. The summed E-state index contributed by atoms with van der Waals surface area (Å²) in [6, 6.07) is 8.34. The number of nitrogens with one attached hydrogen (secondary N) is 1. The molecule has 18 heavy (non-hydrogen) atoms. The monoisotopic (exact) mass is 245 g/mol. The van der Waals surface area contributed by atoms with Crippen LogP contribution in [0.1, 0.15) is 30.0 Å². The molecule has 0 aliphatic rings. The van der Waals surface area contributed by atoms with Crippen LogP contribution in [0.25, 0.3) is 0 Å². The summed E-state index contributed by atoms with van der Waals surface area (Å²) in [6.45, 7) is 4.70. The zero-order valence-electron chi connectivity index (χ0n) is 10.5. The molecule has 0 aliphatic heterocycles. The molecule has 0 saturated heterocycles. The number of benzene rings is 1. The van der Waals surface area contributed by atoms with Crippen molar-refractivity contribution < 1.29 is 4.39 Å². The third-order valence-corrected chi connectivity index (χ3v) is 2.70. The number of hydrogen-bond donors (Lipinski definition) is 1. The molecular formula is C14H16FN3. The normalized spacial score (nSPS) is 12.4. The second-order valence-corrected chi connectivity index (χ2v) is 4.07. The zero-order valence-corrected chi connectivity index (χ0v) is 10.5. The van der Waals surface area contributed by atoms with Crippen molar-refractivity contribution in [3.05, 3.63) is 59.4 Å². The summed E-state index contributed by atoms with van der Waals surface area (Å²) in [5.41, 5.74) is 1.90. The van der Waals surface area contributed by atoms with Gasteiger partial charge in [0.2, 0.25) is 0 Å². The van der Waals surface area contributed by atoms with Crippen molar-refractivity contribution in [3.63, 3.8) is 0 Å². The summed E-state index contributed by atoms with van der Waals surface area (Å²) in [4.78, 5) is 8.51. The number of hydrogen-bond acceptors (Lipinski definition) is 3. The summed E-state index contributed by atoms with van der Waals surface area (Å²) >= 11 is 0. The number of nitrogens with zero attached hydrogens (tertiary/aromatic N) is 2. The van der Waals surface area contributed by atoms with Crippen LogP contribution < -0.4 is 5.32 Å². The molecule has 0 aliphatic carbocycles. The standard InChI is InChI=1S/C14H16FN3/c1-3-16-14(11-4-6-12(15)7-5-11)13-8-9-17-10(2)18-13/h4-9,14,16H,3H2,1-2H3. The van der Waals surface area contributed by atoms with E-state index in [0.717, 1.165) is 23.6 Å². The van der Waals surface area contributed by atoms with Crippen LogP contribution in [0.5, 0.6) is 0 Å². The summed E-state index contributed by atoms with van der Waals surface area (Å²) in [6.07, 6.45) is 1.74. The largest absolute Gasteiger partial charge is 0.305 e. The Hall–Kier alpha value is -1.81. The summed E-state index contributed by atoms with van der Waals surface area (Å²) in [5, 5.41) is 3.35. The lowest BCUT2D eigenvalue weighted by Crippen LogP contribution is -2.23. The van der Waals surface area contributed by atoms with Crippen LogP contribution in [-0.2, 0) is 0 Å². The SMILES string of the molecule is CCNC(c1ccc(F)cc1)c1ccnc(C)n1. The van der Waals surface area contributed by atoms with Crippen molar-refractivity contribution in [3.8, 4) is 0 Å². The maximum Gasteiger partial charge on any atom is 0.125 e. The number of aryl methyl sites for hydroxylation is 1. The molecule has 2 rings (SSSR count). The first kappa shape index (κ1) is 12.6. The van der Waals surface area contributed by atoms with Gasteiger partial charge >= 0.3 is 0 Å².